The number of thiazole rings is 1. The second-order valence-electron chi connectivity index (χ2n) is 6.79. The van der Waals surface area contributed by atoms with Crippen LogP contribution in [0.1, 0.15) is 37.9 Å². The van der Waals surface area contributed by atoms with Crippen LogP contribution in [0, 0.1) is 6.92 Å². The fourth-order valence-corrected chi connectivity index (χ4v) is 4.05. The van der Waals surface area contributed by atoms with Crippen LogP contribution in [-0.2, 0) is 6.54 Å². The molecule has 1 saturated heterocycles. The molecule has 3 nitrogen and oxygen atoms in total. The van der Waals surface area contributed by atoms with E-state index in [1.54, 1.807) is 11.3 Å². The van der Waals surface area contributed by atoms with E-state index in [9.17, 15) is 5.11 Å². The first-order valence-corrected chi connectivity index (χ1v) is 8.79. The predicted molar refractivity (Wildman–Crippen MR) is 92.0 cm³/mol. The summed E-state index contributed by atoms with van der Waals surface area (Å²) < 4.78 is 0. The molecule has 2 heterocycles. The molecule has 1 aromatic carbocycles. The minimum absolute atomic E-state index is 0.233. The Kier molecular flexibility index (Phi) is 4.35. The maximum absolute atomic E-state index is 10.3. The van der Waals surface area contributed by atoms with Gasteiger partial charge in [-0.2, -0.15) is 0 Å². The Morgan fingerprint density at radius 3 is 2.73 bits per heavy atom. The van der Waals surface area contributed by atoms with Crippen LogP contribution in [-0.4, -0.2) is 33.2 Å². The lowest BCUT2D eigenvalue weighted by Gasteiger charge is -2.33. The number of aryl methyl sites for hydroxylation is 1. The first kappa shape index (κ1) is 15.7. The van der Waals surface area contributed by atoms with E-state index in [-0.39, 0.29) is 6.04 Å². The zero-order valence-electron chi connectivity index (χ0n) is 13.5. The lowest BCUT2D eigenvalue weighted by molar-refractivity contribution is -0.00530. The van der Waals surface area contributed by atoms with Gasteiger partial charge in [-0.05, 0) is 40.2 Å². The lowest BCUT2D eigenvalue weighted by Crippen LogP contribution is -2.45. The Hall–Kier alpha value is -1.23. The van der Waals surface area contributed by atoms with Crippen molar-refractivity contribution < 1.29 is 5.11 Å². The number of aromatic nitrogens is 1. The first-order valence-electron chi connectivity index (χ1n) is 7.91. The molecule has 0 spiro atoms. The average Bonchev–Trinajstić information content (AvgIpc) is 3.09. The molecule has 0 bridgehead atoms. The standard InChI is InChI=1S/C18H24N2OS/c1-13-6-8-14(9-7-13)17-19-15(12-22-17)11-20-10-4-5-16(20)18(2,3)21/h6-9,12,16,21H,4-5,10-11H2,1-3H3/t16-/m1/s1. The Bertz CT molecular complexity index is 627. The topological polar surface area (TPSA) is 36.4 Å². The highest BCUT2D eigenvalue weighted by atomic mass is 32.1. The number of hydrogen-bond donors (Lipinski definition) is 1. The van der Waals surface area contributed by atoms with Crippen LogP contribution in [0.25, 0.3) is 10.6 Å². The molecule has 0 unspecified atom stereocenters. The summed E-state index contributed by atoms with van der Waals surface area (Å²) in [5, 5.41) is 13.5. The maximum atomic E-state index is 10.3. The molecule has 3 rings (SSSR count). The van der Waals surface area contributed by atoms with Crippen LogP contribution in [0.5, 0.6) is 0 Å². The number of nitrogens with zero attached hydrogens (tertiary/aromatic N) is 2. The van der Waals surface area contributed by atoms with Crippen molar-refractivity contribution in [3.63, 3.8) is 0 Å². The summed E-state index contributed by atoms with van der Waals surface area (Å²) in [6.45, 7) is 7.80. The quantitative estimate of drug-likeness (QED) is 0.930. The zero-order valence-corrected chi connectivity index (χ0v) is 14.4. The smallest absolute Gasteiger partial charge is 0.123 e. The number of likely N-dealkylation sites (tertiary alicyclic amines) is 1. The van der Waals surface area contributed by atoms with Crippen molar-refractivity contribution in [1.82, 2.24) is 9.88 Å². The van der Waals surface area contributed by atoms with Gasteiger partial charge in [0.15, 0.2) is 0 Å². The third-order valence-electron chi connectivity index (χ3n) is 4.39. The maximum Gasteiger partial charge on any atom is 0.123 e. The second kappa shape index (κ2) is 6.11. The predicted octanol–water partition coefficient (Wildman–Crippen LogP) is 3.85. The molecule has 1 fully saturated rings. The molecule has 22 heavy (non-hydrogen) atoms. The molecule has 0 saturated carbocycles. The van der Waals surface area contributed by atoms with E-state index < -0.39 is 5.60 Å². The van der Waals surface area contributed by atoms with E-state index in [4.69, 9.17) is 4.98 Å². The SMILES string of the molecule is Cc1ccc(-c2nc(CN3CCC[C@@H]3C(C)(C)O)cs2)cc1. The zero-order chi connectivity index (χ0) is 15.7. The summed E-state index contributed by atoms with van der Waals surface area (Å²) in [6.07, 6.45) is 2.22. The minimum Gasteiger partial charge on any atom is -0.389 e. The van der Waals surface area contributed by atoms with Gasteiger partial charge in [0, 0.05) is 23.5 Å². The molecule has 4 heteroatoms. The van der Waals surface area contributed by atoms with Gasteiger partial charge in [0.05, 0.1) is 11.3 Å². The molecule has 1 aromatic heterocycles. The highest BCUT2D eigenvalue weighted by molar-refractivity contribution is 7.13. The molecule has 0 amide bonds. The summed E-state index contributed by atoms with van der Waals surface area (Å²) in [4.78, 5) is 7.15. The third-order valence-corrected chi connectivity index (χ3v) is 5.33. The Labute approximate surface area is 136 Å². The molecule has 0 aliphatic carbocycles. The normalized spacial score (nSPS) is 19.7. The summed E-state index contributed by atoms with van der Waals surface area (Å²) in [7, 11) is 0. The van der Waals surface area contributed by atoms with Crippen molar-refractivity contribution in [2.24, 2.45) is 0 Å². The van der Waals surface area contributed by atoms with Crippen molar-refractivity contribution >= 4 is 11.3 Å². The highest BCUT2D eigenvalue weighted by Gasteiger charge is 2.35. The fourth-order valence-electron chi connectivity index (χ4n) is 3.23. The number of aliphatic hydroxyl groups is 1. The van der Waals surface area contributed by atoms with Crippen LogP contribution in [0.2, 0.25) is 0 Å². The monoisotopic (exact) mass is 316 g/mol. The van der Waals surface area contributed by atoms with E-state index >= 15 is 0 Å². The summed E-state index contributed by atoms with van der Waals surface area (Å²) in [5.41, 5.74) is 2.91. The average molecular weight is 316 g/mol. The van der Waals surface area contributed by atoms with E-state index in [1.165, 1.54) is 11.1 Å². The van der Waals surface area contributed by atoms with Crippen molar-refractivity contribution in [3.8, 4) is 10.6 Å². The van der Waals surface area contributed by atoms with Crippen LogP contribution in [0.3, 0.4) is 0 Å². The van der Waals surface area contributed by atoms with Crippen molar-refractivity contribution in [1.29, 1.82) is 0 Å². The molecule has 0 radical (unpaired) electrons. The van der Waals surface area contributed by atoms with E-state index in [1.807, 2.05) is 13.8 Å². The van der Waals surface area contributed by atoms with Gasteiger partial charge in [0.25, 0.3) is 0 Å². The number of hydrogen-bond acceptors (Lipinski definition) is 4. The van der Waals surface area contributed by atoms with Gasteiger partial charge in [-0.15, -0.1) is 11.3 Å². The minimum atomic E-state index is -0.647. The van der Waals surface area contributed by atoms with E-state index in [0.717, 1.165) is 36.6 Å². The molecular weight excluding hydrogens is 292 g/mol. The van der Waals surface area contributed by atoms with E-state index in [2.05, 4.69) is 41.5 Å². The Morgan fingerprint density at radius 2 is 2.05 bits per heavy atom. The molecule has 1 aliphatic heterocycles. The van der Waals surface area contributed by atoms with Crippen molar-refractivity contribution in [2.45, 2.75) is 51.8 Å². The number of benzene rings is 1. The fraction of sp³-hybridized carbons (Fsp3) is 0.500. The molecular formula is C18H24N2OS. The molecule has 118 valence electrons. The van der Waals surface area contributed by atoms with Crippen LogP contribution >= 0.6 is 11.3 Å². The third kappa shape index (κ3) is 3.40. The molecule has 2 aromatic rings. The molecule has 1 aliphatic rings. The van der Waals surface area contributed by atoms with Gasteiger partial charge in [-0.3, -0.25) is 4.90 Å². The van der Waals surface area contributed by atoms with Crippen molar-refractivity contribution in [3.05, 3.63) is 40.9 Å². The number of rotatable bonds is 4. The molecule has 1 atom stereocenters. The van der Waals surface area contributed by atoms with Gasteiger partial charge in [0.1, 0.15) is 5.01 Å². The van der Waals surface area contributed by atoms with Crippen molar-refractivity contribution in [2.75, 3.05) is 6.54 Å². The van der Waals surface area contributed by atoms with Gasteiger partial charge in [-0.1, -0.05) is 29.8 Å². The second-order valence-corrected chi connectivity index (χ2v) is 7.65. The largest absolute Gasteiger partial charge is 0.389 e. The van der Waals surface area contributed by atoms with Gasteiger partial charge in [-0.25, -0.2) is 4.98 Å². The lowest BCUT2D eigenvalue weighted by atomic mass is 9.96. The van der Waals surface area contributed by atoms with Crippen LogP contribution in [0.4, 0.5) is 0 Å². The Morgan fingerprint density at radius 1 is 1.32 bits per heavy atom. The Balaban J connectivity index is 1.73. The molecule has 1 N–H and O–H groups in total. The summed E-state index contributed by atoms with van der Waals surface area (Å²) in [5.74, 6) is 0. The van der Waals surface area contributed by atoms with Gasteiger partial charge >= 0.3 is 0 Å². The van der Waals surface area contributed by atoms with Gasteiger partial charge < -0.3 is 5.11 Å². The first-order chi connectivity index (χ1) is 10.4. The highest BCUT2D eigenvalue weighted by Crippen LogP contribution is 2.30. The summed E-state index contributed by atoms with van der Waals surface area (Å²) in [6, 6.07) is 8.75. The van der Waals surface area contributed by atoms with Crippen LogP contribution < -0.4 is 0 Å². The van der Waals surface area contributed by atoms with Crippen LogP contribution in [0.15, 0.2) is 29.6 Å². The van der Waals surface area contributed by atoms with Gasteiger partial charge in [0.2, 0.25) is 0 Å². The van der Waals surface area contributed by atoms with E-state index in [0.29, 0.717) is 0 Å². The summed E-state index contributed by atoms with van der Waals surface area (Å²) >= 11 is 1.70.